The van der Waals surface area contributed by atoms with Crippen LogP contribution in [0.2, 0.25) is 0 Å². The SMILES string of the molecule is O=C1N=c2cccc(OCC(O)CNC(=O)COc3ccc(O)cc3)c2=N1. The topological polar surface area (TPSA) is 130 Å². The van der Waals surface area contributed by atoms with Gasteiger partial charge in [-0.15, -0.1) is 0 Å². The third kappa shape index (κ3) is 5.02. The molecule has 9 nitrogen and oxygen atoms in total. The Hall–Kier alpha value is -3.46. The van der Waals surface area contributed by atoms with Crippen molar-refractivity contribution in [3.63, 3.8) is 0 Å². The Balaban J connectivity index is 1.42. The predicted octanol–water partition coefficient (Wildman–Crippen LogP) is -0.300. The number of hydrogen-bond acceptors (Lipinski definition) is 6. The largest absolute Gasteiger partial charge is 0.508 e. The molecule has 1 aliphatic rings. The summed E-state index contributed by atoms with van der Waals surface area (Å²) in [6.07, 6.45) is -0.965. The van der Waals surface area contributed by atoms with Crippen molar-refractivity contribution in [1.82, 2.24) is 5.32 Å². The molecule has 0 bridgehead atoms. The van der Waals surface area contributed by atoms with E-state index < -0.39 is 18.0 Å². The highest BCUT2D eigenvalue weighted by Gasteiger charge is 2.12. The van der Waals surface area contributed by atoms with Crippen molar-refractivity contribution in [1.29, 1.82) is 0 Å². The van der Waals surface area contributed by atoms with Crippen LogP contribution in [0.4, 0.5) is 4.79 Å². The monoisotopic (exact) mass is 371 g/mol. The van der Waals surface area contributed by atoms with Gasteiger partial charge in [-0.25, -0.2) is 4.79 Å². The Kier molecular flexibility index (Phi) is 5.62. The number of phenolic OH excluding ortho intramolecular Hbond substituents is 1. The summed E-state index contributed by atoms with van der Waals surface area (Å²) in [5.74, 6) is 0.462. The van der Waals surface area contributed by atoms with E-state index in [1.54, 1.807) is 18.2 Å². The summed E-state index contributed by atoms with van der Waals surface area (Å²) < 4.78 is 10.7. The third-order valence-corrected chi connectivity index (χ3v) is 3.57. The molecule has 1 heterocycles. The molecule has 9 heteroatoms. The van der Waals surface area contributed by atoms with Crippen LogP contribution in [0.25, 0.3) is 0 Å². The number of fused-ring (bicyclic) bond motifs is 1. The van der Waals surface area contributed by atoms with Crippen LogP contribution in [0.3, 0.4) is 0 Å². The van der Waals surface area contributed by atoms with Gasteiger partial charge in [0.15, 0.2) is 6.61 Å². The molecule has 0 saturated carbocycles. The molecule has 27 heavy (non-hydrogen) atoms. The summed E-state index contributed by atoms with van der Waals surface area (Å²) in [5, 5.41) is 22.4. The number of hydrogen-bond donors (Lipinski definition) is 3. The molecule has 0 saturated heterocycles. The third-order valence-electron chi connectivity index (χ3n) is 3.57. The van der Waals surface area contributed by atoms with Gasteiger partial charge in [0.2, 0.25) is 0 Å². The molecule has 3 rings (SSSR count). The Morgan fingerprint density at radius 3 is 2.67 bits per heavy atom. The number of ether oxygens (including phenoxy) is 2. The quantitative estimate of drug-likeness (QED) is 0.584. The van der Waals surface area contributed by atoms with E-state index >= 15 is 0 Å². The summed E-state index contributed by atoms with van der Waals surface area (Å²) in [6.45, 7) is -0.362. The molecular weight excluding hydrogens is 354 g/mol. The molecule has 3 amide bonds. The molecular formula is C18H17N3O6. The van der Waals surface area contributed by atoms with Gasteiger partial charge in [0.1, 0.15) is 35.3 Å². The number of phenols is 1. The van der Waals surface area contributed by atoms with Crippen molar-refractivity contribution in [3.8, 4) is 17.2 Å². The Morgan fingerprint density at radius 2 is 1.89 bits per heavy atom. The first-order valence-electron chi connectivity index (χ1n) is 8.11. The van der Waals surface area contributed by atoms with Gasteiger partial charge in [0.25, 0.3) is 5.91 Å². The molecule has 1 aliphatic heterocycles. The van der Waals surface area contributed by atoms with E-state index in [0.717, 1.165) is 0 Å². The number of carbonyl (C=O) groups is 2. The van der Waals surface area contributed by atoms with Crippen molar-refractivity contribution in [2.45, 2.75) is 6.10 Å². The first-order chi connectivity index (χ1) is 13.0. The molecule has 0 aromatic heterocycles. The number of carbonyl (C=O) groups excluding carboxylic acids is 2. The Morgan fingerprint density at radius 1 is 1.11 bits per heavy atom. The van der Waals surface area contributed by atoms with Gasteiger partial charge >= 0.3 is 6.03 Å². The molecule has 0 radical (unpaired) electrons. The second-order valence-corrected chi connectivity index (χ2v) is 5.68. The summed E-state index contributed by atoms with van der Waals surface area (Å²) in [7, 11) is 0. The molecule has 2 aromatic rings. The van der Waals surface area contributed by atoms with Gasteiger partial charge in [-0.3, -0.25) is 4.79 Å². The molecule has 0 spiro atoms. The van der Waals surface area contributed by atoms with Crippen LogP contribution in [-0.4, -0.2) is 48.0 Å². The van der Waals surface area contributed by atoms with Gasteiger partial charge in [-0.05, 0) is 36.4 Å². The lowest BCUT2D eigenvalue weighted by atomic mass is 10.3. The number of aromatic hydroxyl groups is 1. The molecule has 1 atom stereocenters. The number of benzene rings is 2. The minimum Gasteiger partial charge on any atom is -0.508 e. The van der Waals surface area contributed by atoms with E-state index in [1.807, 2.05) is 0 Å². The van der Waals surface area contributed by atoms with Crippen LogP contribution < -0.4 is 25.5 Å². The summed E-state index contributed by atoms with van der Waals surface area (Å²) in [4.78, 5) is 30.5. The predicted molar refractivity (Wildman–Crippen MR) is 92.3 cm³/mol. The van der Waals surface area contributed by atoms with Crippen molar-refractivity contribution < 1.29 is 29.3 Å². The zero-order valence-electron chi connectivity index (χ0n) is 14.2. The van der Waals surface area contributed by atoms with E-state index in [0.29, 0.717) is 22.2 Å². The maximum atomic E-state index is 11.7. The first-order valence-corrected chi connectivity index (χ1v) is 8.11. The number of amides is 3. The first kappa shape index (κ1) is 18.3. The lowest BCUT2D eigenvalue weighted by Gasteiger charge is -2.13. The fraction of sp³-hybridized carbons (Fsp3) is 0.222. The van der Waals surface area contributed by atoms with Crippen LogP contribution >= 0.6 is 0 Å². The second kappa shape index (κ2) is 8.28. The molecule has 2 aromatic carbocycles. The molecule has 140 valence electrons. The van der Waals surface area contributed by atoms with Crippen molar-refractivity contribution in [2.75, 3.05) is 19.8 Å². The number of rotatable bonds is 8. The fourth-order valence-corrected chi connectivity index (χ4v) is 2.27. The van der Waals surface area contributed by atoms with Crippen LogP contribution in [0.15, 0.2) is 52.4 Å². The van der Waals surface area contributed by atoms with E-state index in [9.17, 15) is 19.8 Å². The highest BCUT2D eigenvalue weighted by Crippen LogP contribution is 2.15. The second-order valence-electron chi connectivity index (χ2n) is 5.68. The average molecular weight is 371 g/mol. The number of para-hydroxylation sites is 1. The van der Waals surface area contributed by atoms with Crippen LogP contribution in [0.5, 0.6) is 17.2 Å². The number of aliphatic hydroxyl groups excluding tert-OH is 1. The Bertz CT molecular complexity index is 958. The van der Waals surface area contributed by atoms with Gasteiger partial charge in [0, 0.05) is 6.54 Å². The molecule has 0 fully saturated rings. The lowest BCUT2D eigenvalue weighted by Crippen LogP contribution is -2.38. The van der Waals surface area contributed by atoms with Crippen LogP contribution in [0, 0.1) is 0 Å². The van der Waals surface area contributed by atoms with Crippen molar-refractivity contribution >= 4 is 11.9 Å². The number of urea groups is 1. The van der Waals surface area contributed by atoms with Crippen LogP contribution in [-0.2, 0) is 4.79 Å². The summed E-state index contributed by atoms with van der Waals surface area (Å²) in [6, 6.07) is 10.3. The average Bonchev–Trinajstić information content (AvgIpc) is 3.05. The van der Waals surface area contributed by atoms with E-state index in [2.05, 4.69) is 15.3 Å². The molecule has 1 unspecified atom stereocenters. The number of aliphatic hydroxyl groups is 1. The standard InChI is InChI=1S/C18H17N3O6/c22-11-4-6-13(7-5-11)26-10-16(24)19-8-12(23)9-27-15-3-1-2-14-17(15)21-18(25)20-14/h1-7,12,22-23H,8-10H2,(H,19,24). The highest BCUT2D eigenvalue weighted by molar-refractivity contribution is 5.78. The smallest absolute Gasteiger partial charge is 0.368 e. The van der Waals surface area contributed by atoms with E-state index in [4.69, 9.17) is 9.47 Å². The normalized spacial score (nSPS) is 13.1. The number of nitrogens with one attached hydrogen (secondary N) is 1. The minimum atomic E-state index is -0.965. The van der Waals surface area contributed by atoms with E-state index in [-0.39, 0.29) is 25.5 Å². The zero-order chi connectivity index (χ0) is 19.2. The van der Waals surface area contributed by atoms with Gasteiger partial charge in [-0.1, -0.05) is 6.07 Å². The van der Waals surface area contributed by atoms with E-state index in [1.165, 1.54) is 24.3 Å². The number of nitrogens with zero attached hydrogens (tertiary/aromatic N) is 2. The maximum Gasteiger partial charge on any atom is 0.368 e. The van der Waals surface area contributed by atoms with Crippen molar-refractivity contribution in [2.24, 2.45) is 9.98 Å². The van der Waals surface area contributed by atoms with Gasteiger partial charge in [0.05, 0.1) is 5.36 Å². The van der Waals surface area contributed by atoms with Gasteiger partial charge in [-0.2, -0.15) is 9.98 Å². The summed E-state index contributed by atoms with van der Waals surface area (Å²) in [5.41, 5.74) is 0. The molecule has 0 aliphatic carbocycles. The summed E-state index contributed by atoms with van der Waals surface area (Å²) >= 11 is 0. The maximum absolute atomic E-state index is 11.7. The minimum absolute atomic E-state index is 0.0345. The van der Waals surface area contributed by atoms with Crippen LogP contribution in [0.1, 0.15) is 0 Å². The lowest BCUT2D eigenvalue weighted by molar-refractivity contribution is -0.123. The van der Waals surface area contributed by atoms with Gasteiger partial charge < -0.3 is 25.0 Å². The molecule has 3 N–H and O–H groups in total. The Labute approximate surface area is 153 Å². The fourth-order valence-electron chi connectivity index (χ4n) is 2.27. The van der Waals surface area contributed by atoms with Crippen molar-refractivity contribution in [3.05, 3.63) is 53.2 Å². The highest BCUT2D eigenvalue weighted by atomic mass is 16.5. The zero-order valence-corrected chi connectivity index (χ0v) is 14.2.